The van der Waals surface area contributed by atoms with Crippen LogP contribution < -0.4 is 0 Å². The summed E-state index contributed by atoms with van der Waals surface area (Å²) in [5, 5.41) is 15.6. The summed E-state index contributed by atoms with van der Waals surface area (Å²) in [5.41, 5.74) is 2.90. The molecule has 90 valence electrons. The van der Waals surface area contributed by atoms with Crippen LogP contribution in [0.1, 0.15) is 17.8 Å². The highest BCUT2D eigenvalue weighted by Crippen LogP contribution is 2.26. The van der Waals surface area contributed by atoms with Crippen LogP contribution in [0.3, 0.4) is 0 Å². The average Bonchev–Trinajstić information content (AvgIpc) is 2.85. The van der Waals surface area contributed by atoms with E-state index in [0.717, 1.165) is 22.0 Å². The number of nitrogens with zero attached hydrogens (tertiary/aromatic N) is 3. The van der Waals surface area contributed by atoms with E-state index in [1.807, 2.05) is 19.4 Å². The molecule has 0 atom stereocenters. The van der Waals surface area contributed by atoms with Gasteiger partial charge in [0.05, 0.1) is 23.9 Å². The number of aromatic nitrogens is 3. The fourth-order valence-electron chi connectivity index (χ4n) is 1.49. The number of aliphatic carboxylic acids is 1. The fourth-order valence-corrected chi connectivity index (χ4v) is 2.40. The van der Waals surface area contributed by atoms with E-state index in [1.54, 1.807) is 10.9 Å². The van der Waals surface area contributed by atoms with Gasteiger partial charge in [-0.05, 0) is 6.92 Å². The van der Waals surface area contributed by atoms with Crippen molar-refractivity contribution in [2.75, 3.05) is 0 Å². The second-order valence-corrected chi connectivity index (χ2v) is 4.66. The first kappa shape index (κ1) is 11.8. The Balaban J connectivity index is 2.18. The van der Waals surface area contributed by atoms with Gasteiger partial charge in [0.15, 0.2) is 0 Å². The van der Waals surface area contributed by atoms with Crippen molar-refractivity contribution in [2.24, 2.45) is 7.05 Å². The Morgan fingerprint density at radius 1 is 1.59 bits per heavy atom. The average molecular weight is 251 g/mol. The smallest absolute Gasteiger partial charge is 0.303 e. The van der Waals surface area contributed by atoms with Crippen LogP contribution in [0.4, 0.5) is 0 Å². The molecular formula is C11H13N3O2S. The quantitative estimate of drug-likeness (QED) is 0.900. The molecule has 0 aromatic carbocycles. The van der Waals surface area contributed by atoms with Gasteiger partial charge in [0.1, 0.15) is 5.01 Å². The molecule has 0 fully saturated rings. The van der Waals surface area contributed by atoms with Gasteiger partial charge in [0, 0.05) is 24.5 Å². The predicted molar refractivity (Wildman–Crippen MR) is 65.0 cm³/mol. The number of carboxylic acid groups (broad SMARTS) is 1. The van der Waals surface area contributed by atoms with Crippen LogP contribution in [0.15, 0.2) is 11.6 Å². The lowest BCUT2D eigenvalue weighted by Gasteiger charge is -1.95. The molecule has 0 saturated carbocycles. The maximum Gasteiger partial charge on any atom is 0.303 e. The summed E-state index contributed by atoms with van der Waals surface area (Å²) in [6.45, 7) is 1.99. The fraction of sp³-hybridized carbons (Fsp3) is 0.364. The Morgan fingerprint density at radius 2 is 2.35 bits per heavy atom. The SMILES string of the molecule is Cc1c(-c2nc(CCC(=O)O)cs2)cnn1C. The van der Waals surface area contributed by atoms with E-state index in [9.17, 15) is 4.79 Å². The molecule has 2 heterocycles. The van der Waals surface area contributed by atoms with Gasteiger partial charge in [-0.1, -0.05) is 0 Å². The molecule has 2 aromatic rings. The molecule has 1 N–H and O–H groups in total. The number of hydrogen-bond donors (Lipinski definition) is 1. The van der Waals surface area contributed by atoms with Crippen LogP contribution in [0.5, 0.6) is 0 Å². The third-order valence-corrected chi connectivity index (χ3v) is 3.54. The lowest BCUT2D eigenvalue weighted by Crippen LogP contribution is -1.97. The lowest BCUT2D eigenvalue weighted by molar-refractivity contribution is -0.136. The minimum Gasteiger partial charge on any atom is -0.481 e. The van der Waals surface area contributed by atoms with Crippen molar-refractivity contribution in [1.82, 2.24) is 14.8 Å². The molecule has 0 aliphatic carbocycles. The van der Waals surface area contributed by atoms with Crippen LogP contribution >= 0.6 is 11.3 Å². The summed E-state index contributed by atoms with van der Waals surface area (Å²) in [5.74, 6) is -0.794. The normalized spacial score (nSPS) is 10.7. The molecule has 0 unspecified atom stereocenters. The first-order chi connectivity index (χ1) is 8.08. The summed E-state index contributed by atoms with van der Waals surface area (Å²) < 4.78 is 1.80. The zero-order valence-electron chi connectivity index (χ0n) is 9.67. The maximum atomic E-state index is 10.5. The van der Waals surface area contributed by atoms with E-state index >= 15 is 0 Å². The van der Waals surface area contributed by atoms with Gasteiger partial charge in [0.25, 0.3) is 0 Å². The van der Waals surface area contributed by atoms with Crippen molar-refractivity contribution in [3.63, 3.8) is 0 Å². The highest BCUT2D eigenvalue weighted by atomic mass is 32.1. The Kier molecular flexibility index (Phi) is 3.23. The van der Waals surface area contributed by atoms with E-state index in [-0.39, 0.29) is 6.42 Å². The molecule has 2 aromatic heterocycles. The van der Waals surface area contributed by atoms with E-state index in [1.165, 1.54) is 11.3 Å². The number of carboxylic acids is 1. The molecule has 5 nitrogen and oxygen atoms in total. The highest BCUT2D eigenvalue weighted by Gasteiger charge is 2.11. The number of carbonyl (C=O) groups is 1. The minimum atomic E-state index is -0.794. The molecule has 0 bridgehead atoms. The van der Waals surface area contributed by atoms with E-state index in [0.29, 0.717) is 6.42 Å². The molecule has 0 saturated heterocycles. The number of thiazole rings is 1. The molecule has 0 spiro atoms. The Hall–Kier alpha value is -1.69. The summed E-state index contributed by atoms with van der Waals surface area (Å²) in [6.07, 6.45) is 2.38. The summed E-state index contributed by atoms with van der Waals surface area (Å²) in [6, 6.07) is 0. The van der Waals surface area contributed by atoms with Crippen LogP contribution in [0, 0.1) is 6.92 Å². The van der Waals surface area contributed by atoms with Crippen LogP contribution in [-0.4, -0.2) is 25.8 Å². The third kappa shape index (κ3) is 2.52. The van der Waals surface area contributed by atoms with E-state index in [2.05, 4.69) is 10.1 Å². The standard InChI is InChI=1S/C11H13N3O2S/c1-7-9(5-12-14(7)2)11-13-8(6-17-11)3-4-10(15)16/h5-6H,3-4H2,1-2H3,(H,15,16). The van der Waals surface area contributed by atoms with Crippen molar-refractivity contribution in [3.05, 3.63) is 23.0 Å². The Morgan fingerprint density at radius 3 is 2.94 bits per heavy atom. The van der Waals surface area contributed by atoms with Gasteiger partial charge in [-0.25, -0.2) is 4.98 Å². The maximum absolute atomic E-state index is 10.5. The van der Waals surface area contributed by atoms with Crippen molar-refractivity contribution in [1.29, 1.82) is 0 Å². The molecule has 6 heteroatoms. The largest absolute Gasteiger partial charge is 0.481 e. The van der Waals surface area contributed by atoms with Crippen molar-refractivity contribution in [2.45, 2.75) is 19.8 Å². The predicted octanol–water partition coefficient (Wildman–Crippen LogP) is 1.87. The van der Waals surface area contributed by atoms with E-state index in [4.69, 9.17) is 5.11 Å². The Bertz CT molecular complexity index is 545. The Labute approximate surface area is 103 Å². The molecule has 0 amide bonds. The van der Waals surface area contributed by atoms with Gasteiger partial charge < -0.3 is 5.11 Å². The van der Waals surface area contributed by atoms with Crippen molar-refractivity contribution < 1.29 is 9.90 Å². The molecule has 0 aliphatic rings. The van der Waals surface area contributed by atoms with Gasteiger partial charge >= 0.3 is 5.97 Å². The van der Waals surface area contributed by atoms with Crippen LogP contribution in [-0.2, 0) is 18.3 Å². The summed E-state index contributed by atoms with van der Waals surface area (Å²) >= 11 is 1.52. The molecule has 0 aliphatic heterocycles. The molecule has 0 radical (unpaired) electrons. The summed E-state index contributed by atoms with van der Waals surface area (Å²) in [7, 11) is 1.89. The van der Waals surface area contributed by atoms with Crippen molar-refractivity contribution in [3.8, 4) is 10.6 Å². The van der Waals surface area contributed by atoms with Crippen LogP contribution in [0.2, 0.25) is 0 Å². The van der Waals surface area contributed by atoms with Gasteiger partial charge in [-0.15, -0.1) is 11.3 Å². The van der Waals surface area contributed by atoms with Gasteiger partial charge in [-0.3, -0.25) is 9.48 Å². The summed E-state index contributed by atoms with van der Waals surface area (Å²) in [4.78, 5) is 14.9. The third-order valence-electron chi connectivity index (χ3n) is 2.61. The zero-order chi connectivity index (χ0) is 12.4. The van der Waals surface area contributed by atoms with Gasteiger partial charge in [0.2, 0.25) is 0 Å². The monoisotopic (exact) mass is 251 g/mol. The van der Waals surface area contributed by atoms with E-state index < -0.39 is 5.97 Å². The zero-order valence-corrected chi connectivity index (χ0v) is 10.5. The number of aryl methyl sites for hydroxylation is 2. The van der Waals surface area contributed by atoms with Crippen molar-refractivity contribution >= 4 is 17.3 Å². The second-order valence-electron chi connectivity index (χ2n) is 3.80. The topological polar surface area (TPSA) is 68.0 Å². The molecule has 17 heavy (non-hydrogen) atoms. The second kappa shape index (κ2) is 4.67. The first-order valence-corrected chi connectivity index (χ1v) is 6.11. The lowest BCUT2D eigenvalue weighted by atomic mass is 10.2. The van der Waals surface area contributed by atoms with Crippen LogP contribution in [0.25, 0.3) is 10.6 Å². The highest BCUT2D eigenvalue weighted by molar-refractivity contribution is 7.13. The number of hydrogen-bond acceptors (Lipinski definition) is 4. The first-order valence-electron chi connectivity index (χ1n) is 5.23. The number of rotatable bonds is 4. The minimum absolute atomic E-state index is 0.120. The molecule has 2 rings (SSSR count). The molecular weight excluding hydrogens is 238 g/mol. The van der Waals surface area contributed by atoms with Gasteiger partial charge in [-0.2, -0.15) is 5.10 Å².